The number of piperidine rings is 1. The molecular weight excluding hydrogens is 771 g/mol. The number of likely N-dealkylation sites (tertiary alicyclic amines) is 1. The lowest BCUT2D eigenvalue weighted by atomic mass is 9.77. The summed E-state index contributed by atoms with van der Waals surface area (Å²) in [5.41, 5.74) is -0.121. The van der Waals surface area contributed by atoms with E-state index in [-0.39, 0.29) is 61.9 Å². The SMILES string of the molecule is CCCCCCCC(CCCCCCC)OC(=O)CCC(=O)O[C@@H]1CC2(CCN(CCCCO)CC2)C[C@H]1OC(=O)CCC(=O)OC(CCCCCCC)CCCCCCC. The molecular formula is C51H93NO9. The highest BCUT2D eigenvalue weighted by Gasteiger charge is 2.50. The molecule has 1 heterocycles. The topological polar surface area (TPSA) is 129 Å². The van der Waals surface area contributed by atoms with Crippen molar-refractivity contribution in [3.63, 3.8) is 0 Å². The van der Waals surface area contributed by atoms with Gasteiger partial charge < -0.3 is 29.0 Å². The number of rotatable bonds is 38. The first-order valence-electron chi connectivity index (χ1n) is 25.8. The zero-order chi connectivity index (χ0) is 44.4. The quantitative estimate of drug-likeness (QED) is 0.0364. The van der Waals surface area contributed by atoms with Crippen LogP contribution in [0.4, 0.5) is 0 Å². The number of aliphatic hydroxyl groups is 1. The van der Waals surface area contributed by atoms with Crippen molar-refractivity contribution in [1.82, 2.24) is 4.90 Å². The van der Waals surface area contributed by atoms with E-state index in [2.05, 4.69) is 32.6 Å². The van der Waals surface area contributed by atoms with E-state index in [1.54, 1.807) is 0 Å². The first kappa shape index (κ1) is 54.9. The van der Waals surface area contributed by atoms with Crippen LogP contribution in [0, 0.1) is 5.41 Å². The molecule has 2 atom stereocenters. The van der Waals surface area contributed by atoms with Crippen LogP contribution in [-0.2, 0) is 38.1 Å². The van der Waals surface area contributed by atoms with Gasteiger partial charge in [0, 0.05) is 6.61 Å². The maximum atomic E-state index is 13.3. The zero-order valence-electron chi connectivity index (χ0n) is 39.8. The second kappa shape index (κ2) is 35.2. The molecule has 1 aliphatic carbocycles. The molecule has 10 heteroatoms. The van der Waals surface area contributed by atoms with E-state index in [0.717, 1.165) is 122 Å². The summed E-state index contributed by atoms with van der Waals surface area (Å²) in [4.78, 5) is 55.2. The molecule has 10 nitrogen and oxygen atoms in total. The van der Waals surface area contributed by atoms with Gasteiger partial charge in [-0.05, 0) is 115 Å². The Bertz CT molecular complexity index is 1040. The van der Waals surface area contributed by atoms with Crippen molar-refractivity contribution in [2.45, 2.75) is 270 Å². The van der Waals surface area contributed by atoms with E-state index in [9.17, 15) is 24.3 Å². The van der Waals surface area contributed by atoms with Gasteiger partial charge in [-0.25, -0.2) is 0 Å². The molecule has 1 saturated heterocycles. The van der Waals surface area contributed by atoms with Crippen molar-refractivity contribution in [2.24, 2.45) is 5.41 Å². The summed E-state index contributed by atoms with van der Waals surface area (Å²) in [6, 6.07) is 0. The van der Waals surface area contributed by atoms with Gasteiger partial charge in [0.05, 0.1) is 25.7 Å². The van der Waals surface area contributed by atoms with Crippen LogP contribution < -0.4 is 0 Å². The normalized spacial score (nSPS) is 17.6. The average molecular weight is 864 g/mol. The van der Waals surface area contributed by atoms with E-state index in [1.165, 1.54) is 77.0 Å². The van der Waals surface area contributed by atoms with Gasteiger partial charge in [-0.3, -0.25) is 19.2 Å². The molecule has 1 spiro atoms. The molecule has 0 bridgehead atoms. The Morgan fingerprint density at radius 1 is 0.492 bits per heavy atom. The highest BCUT2D eigenvalue weighted by molar-refractivity contribution is 5.78. The van der Waals surface area contributed by atoms with Crippen LogP contribution in [0.25, 0.3) is 0 Å². The van der Waals surface area contributed by atoms with Crippen LogP contribution in [0.15, 0.2) is 0 Å². The molecule has 2 rings (SSSR count). The van der Waals surface area contributed by atoms with Crippen LogP contribution in [0.1, 0.15) is 246 Å². The van der Waals surface area contributed by atoms with Crippen molar-refractivity contribution in [1.29, 1.82) is 0 Å². The van der Waals surface area contributed by atoms with Gasteiger partial charge >= 0.3 is 23.9 Å². The second-order valence-electron chi connectivity index (χ2n) is 18.8. The monoisotopic (exact) mass is 864 g/mol. The predicted molar refractivity (Wildman–Crippen MR) is 245 cm³/mol. The number of unbranched alkanes of at least 4 members (excludes halogenated alkanes) is 17. The minimum atomic E-state index is -0.607. The summed E-state index contributed by atoms with van der Waals surface area (Å²) in [6.07, 6.45) is 29.7. The summed E-state index contributed by atoms with van der Waals surface area (Å²) in [6.45, 7) is 11.8. The number of ether oxygens (including phenoxy) is 4. The minimum Gasteiger partial charge on any atom is -0.462 e. The van der Waals surface area contributed by atoms with E-state index in [4.69, 9.17) is 18.9 Å². The van der Waals surface area contributed by atoms with Crippen LogP contribution in [0.2, 0.25) is 0 Å². The fourth-order valence-electron chi connectivity index (χ4n) is 9.32. The van der Waals surface area contributed by atoms with Crippen molar-refractivity contribution < 1.29 is 43.2 Å². The Morgan fingerprint density at radius 2 is 0.836 bits per heavy atom. The Hall–Kier alpha value is -2.20. The fourth-order valence-corrected chi connectivity index (χ4v) is 9.32. The number of nitrogens with zero attached hydrogens (tertiary/aromatic N) is 1. The van der Waals surface area contributed by atoms with Gasteiger partial charge in [-0.1, -0.05) is 130 Å². The molecule has 0 aromatic carbocycles. The summed E-state index contributed by atoms with van der Waals surface area (Å²) in [5, 5.41) is 9.25. The average Bonchev–Trinajstić information content (AvgIpc) is 3.56. The van der Waals surface area contributed by atoms with Gasteiger partial charge in [0.25, 0.3) is 0 Å². The van der Waals surface area contributed by atoms with Crippen molar-refractivity contribution in [3.8, 4) is 0 Å². The molecule has 1 N–H and O–H groups in total. The largest absolute Gasteiger partial charge is 0.462 e. The highest BCUT2D eigenvalue weighted by Crippen LogP contribution is 2.48. The first-order chi connectivity index (χ1) is 29.7. The third-order valence-corrected chi connectivity index (χ3v) is 13.2. The number of carbonyl (C=O) groups is 4. The standard InChI is InChI=1S/C51H93NO9/c1-5-9-13-17-21-27-43(28-22-18-14-10-6-2)58-47(54)31-33-49(56)60-45-41-51(35-38-52(39-36-51)37-25-26-40-53)42-46(45)61-50(57)34-32-48(55)59-44(29-23-19-15-11-7-3)30-24-20-16-12-8-4/h43-46,53H,5-42H2,1-4H3/t45-,46-/m1/s1. The molecule has 0 amide bonds. The van der Waals surface area contributed by atoms with Gasteiger partial charge in [-0.15, -0.1) is 0 Å². The number of hydrogen-bond acceptors (Lipinski definition) is 10. The molecule has 1 aliphatic heterocycles. The molecule has 2 aliphatic rings. The van der Waals surface area contributed by atoms with Crippen LogP contribution >= 0.6 is 0 Å². The summed E-state index contributed by atoms with van der Waals surface area (Å²) < 4.78 is 24.0. The third-order valence-electron chi connectivity index (χ3n) is 13.2. The Kier molecular flexibility index (Phi) is 31.7. The Morgan fingerprint density at radius 3 is 1.18 bits per heavy atom. The molecule has 0 aromatic rings. The molecule has 356 valence electrons. The van der Waals surface area contributed by atoms with Gasteiger partial charge in [-0.2, -0.15) is 0 Å². The Balaban J connectivity index is 1.98. The number of esters is 4. The van der Waals surface area contributed by atoms with Crippen molar-refractivity contribution >= 4 is 23.9 Å². The number of hydrogen-bond donors (Lipinski definition) is 1. The molecule has 1 saturated carbocycles. The van der Waals surface area contributed by atoms with Gasteiger partial charge in [0.1, 0.15) is 24.4 Å². The summed E-state index contributed by atoms with van der Waals surface area (Å²) >= 11 is 0. The highest BCUT2D eigenvalue weighted by atomic mass is 16.6. The van der Waals surface area contributed by atoms with Crippen molar-refractivity contribution in [2.75, 3.05) is 26.2 Å². The van der Waals surface area contributed by atoms with Gasteiger partial charge in [0.15, 0.2) is 0 Å². The maximum absolute atomic E-state index is 13.3. The number of aliphatic hydroxyl groups excluding tert-OH is 1. The van der Waals surface area contributed by atoms with Crippen LogP contribution in [0.5, 0.6) is 0 Å². The second-order valence-corrected chi connectivity index (χ2v) is 18.8. The Labute approximate surface area is 373 Å². The van der Waals surface area contributed by atoms with Crippen LogP contribution in [-0.4, -0.2) is 84.5 Å². The van der Waals surface area contributed by atoms with Crippen LogP contribution in [0.3, 0.4) is 0 Å². The zero-order valence-corrected chi connectivity index (χ0v) is 39.8. The van der Waals surface area contributed by atoms with E-state index < -0.39 is 24.1 Å². The molecule has 0 aromatic heterocycles. The first-order valence-corrected chi connectivity index (χ1v) is 25.8. The summed E-state index contributed by atoms with van der Waals surface area (Å²) in [7, 11) is 0. The van der Waals surface area contributed by atoms with Crippen molar-refractivity contribution in [3.05, 3.63) is 0 Å². The van der Waals surface area contributed by atoms with E-state index in [0.29, 0.717) is 12.8 Å². The molecule has 0 radical (unpaired) electrons. The maximum Gasteiger partial charge on any atom is 0.306 e. The van der Waals surface area contributed by atoms with Gasteiger partial charge in [0.2, 0.25) is 0 Å². The predicted octanol–water partition coefficient (Wildman–Crippen LogP) is 12.3. The fraction of sp³-hybridized carbons (Fsp3) is 0.922. The van der Waals surface area contributed by atoms with E-state index >= 15 is 0 Å². The van der Waals surface area contributed by atoms with E-state index in [1.807, 2.05) is 0 Å². The minimum absolute atomic E-state index is 0.0350. The summed E-state index contributed by atoms with van der Waals surface area (Å²) in [5.74, 6) is -1.66. The smallest absolute Gasteiger partial charge is 0.306 e. The lowest BCUT2D eigenvalue weighted by Crippen LogP contribution is -2.39. The third kappa shape index (κ3) is 26.3. The lowest BCUT2D eigenvalue weighted by molar-refractivity contribution is -0.167. The molecule has 0 unspecified atom stereocenters. The number of carbonyl (C=O) groups excluding carboxylic acids is 4. The molecule has 2 fully saturated rings. The lowest BCUT2D eigenvalue weighted by Gasteiger charge is -2.39. The molecule has 61 heavy (non-hydrogen) atoms.